The average molecular weight is 322 g/mol. The third kappa shape index (κ3) is 2.83. The van der Waals surface area contributed by atoms with Gasteiger partial charge in [-0.25, -0.2) is 4.79 Å². The highest BCUT2D eigenvalue weighted by molar-refractivity contribution is 5.95. The molecule has 0 bridgehead atoms. The summed E-state index contributed by atoms with van der Waals surface area (Å²) in [5.41, 5.74) is 2.02. The molecule has 0 aliphatic heterocycles. The summed E-state index contributed by atoms with van der Waals surface area (Å²) in [5, 5.41) is 0.386. The molecule has 0 N–H and O–H groups in total. The van der Waals surface area contributed by atoms with E-state index in [0.29, 0.717) is 23.2 Å². The topological polar surface area (TPSA) is 56.5 Å². The molecule has 122 valence electrons. The Hall–Kier alpha value is -2.88. The lowest BCUT2D eigenvalue weighted by atomic mass is 10.0. The quantitative estimate of drug-likeness (QED) is 0.676. The van der Waals surface area contributed by atoms with Crippen molar-refractivity contribution in [2.75, 3.05) is 6.61 Å². The van der Waals surface area contributed by atoms with Crippen LogP contribution in [0.3, 0.4) is 0 Å². The van der Waals surface area contributed by atoms with Crippen molar-refractivity contribution in [3.05, 3.63) is 70.1 Å². The molecule has 4 heteroatoms. The van der Waals surface area contributed by atoms with Crippen molar-refractivity contribution in [2.45, 2.75) is 20.3 Å². The summed E-state index contributed by atoms with van der Waals surface area (Å²) in [6.07, 6.45) is 0.444. The van der Waals surface area contributed by atoms with E-state index in [2.05, 4.69) is 0 Å². The Morgan fingerprint density at radius 2 is 1.79 bits per heavy atom. The number of ether oxygens (including phenoxy) is 1. The SMILES string of the molecule is CCOC(=O)c1c(CC)oc2ccc(-c3ccccc3)cc2c1=O. The van der Waals surface area contributed by atoms with Gasteiger partial charge in [-0.2, -0.15) is 0 Å². The lowest BCUT2D eigenvalue weighted by Crippen LogP contribution is -2.20. The van der Waals surface area contributed by atoms with Crippen molar-refractivity contribution in [3.8, 4) is 11.1 Å². The Morgan fingerprint density at radius 3 is 2.46 bits per heavy atom. The Labute approximate surface area is 139 Å². The van der Waals surface area contributed by atoms with E-state index in [9.17, 15) is 9.59 Å². The smallest absolute Gasteiger partial charge is 0.345 e. The van der Waals surface area contributed by atoms with Gasteiger partial charge in [-0.05, 0) is 30.2 Å². The van der Waals surface area contributed by atoms with Gasteiger partial charge in [-0.1, -0.05) is 43.3 Å². The van der Waals surface area contributed by atoms with E-state index in [-0.39, 0.29) is 17.6 Å². The average Bonchev–Trinajstić information content (AvgIpc) is 2.62. The first-order valence-electron chi connectivity index (χ1n) is 7.98. The van der Waals surface area contributed by atoms with E-state index in [1.54, 1.807) is 19.1 Å². The second-order valence-corrected chi connectivity index (χ2v) is 5.38. The Morgan fingerprint density at radius 1 is 1.04 bits per heavy atom. The largest absolute Gasteiger partial charge is 0.462 e. The Bertz CT molecular complexity index is 939. The van der Waals surface area contributed by atoms with Crippen LogP contribution >= 0.6 is 0 Å². The molecule has 1 heterocycles. The number of hydrogen-bond donors (Lipinski definition) is 0. The minimum atomic E-state index is -0.630. The van der Waals surface area contributed by atoms with Crippen LogP contribution in [0.2, 0.25) is 0 Å². The fraction of sp³-hybridized carbons (Fsp3) is 0.200. The van der Waals surface area contributed by atoms with Crippen LogP contribution in [-0.4, -0.2) is 12.6 Å². The van der Waals surface area contributed by atoms with Crippen molar-refractivity contribution in [3.63, 3.8) is 0 Å². The zero-order valence-corrected chi connectivity index (χ0v) is 13.7. The summed E-state index contributed by atoms with van der Waals surface area (Å²) in [4.78, 5) is 25.0. The third-order valence-corrected chi connectivity index (χ3v) is 3.87. The minimum Gasteiger partial charge on any atom is -0.462 e. The van der Waals surface area contributed by atoms with Gasteiger partial charge in [0.05, 0.1) is 12.0 Å². The molecule has 0 aliphatic rings. The molecular weight excluding hydrogens is 304 g/mol. The molecule has 0 saturated carbocycles. The van der Waals surface area contributed by atoms with Gasteiger partial charge in [-0.15, -0.1) is 0 Å². The monoisotopic (exact) mass is 322 g/mol. The van der Waals surface area contributed by atoms with E-state index >= 15 is 0 Å². The molecule has 4 nitrogen and oxygen atoms in total. The second kappa shape index (κ2) is 6.71. The zero-order chi connectivity index (χ0) is 17.1. The zero-order valence-electron chi connectivity index (χ0n) is 13.7. The van der Waals surface area contributed by atoms with E-state index in [1.807, 2.05) is 43.3 Å². The standard InChI is InChI=1S/C20H18O4/c1-3-16-18(20(22)23-4-2)19(21)15-12-14(10-11-17(15)24-16)13-8-6-5-7-9-13/h5-12H,3-4H2,1-2H3. The lowest BCUT2D eigenvalue weighted by molar-refractivity contribution is 0.0520. The van der Waals surface area contributed by atoms with E-state index < -0.39 is 5.97 Å². The molecule has 3 aromatic rings. The van der Waals surface area contributed by atoms with Crippen LogP contribution in [0, 0.1) is 0 Å². The molecule has 0 fully saturated rings. The Balaban J connectivity index is 2.24. The van der Waals surface area contributed by atoms with Crippen molar-refractivity contribution < 1.29 is 13.9 Å². The van der Waals surface area contributed by atoms with E-state index in [1.165, 1.54) is 0 Å². The summed E-state index contributed by atoms with van der Waals surface area (Å²) >= 11 is 0. The fourth-order valence-electron chi connectivity index (χ4n) is 2.71. The van der Waals surface area contributed by atoms with Crippen LogP contribution in [0.4, 0.5) is 0 Å². The first-order valence-corrected chi connectivity index (χ1v) is 7.98. The number of carbonyl (C=O) groups is 1. The molecular formula is C20H18O4. The predicted octanol–water partition coefficient (Wildman–Crippen LogP) is 4.20. The normalized spacial score (nSPS) is 10.8. The van der Waals surface area contributed by atoms with Crippen LogP contribution in [0.25, 0.3) is 22.1 Å². The second-order valence-electron chi connectivity index (χ2n) is 5.38. The van der Waals surface area contributed by atoms with Gasteiger partial charge in [-0.3, -0.25) is 4.79 Å². The van der Waals surface area contributed by atoms with E-state index in [0.717, 1.165) is 11.1 Å². The van der Waals surface area contributed by atoms with Crippen LogP contribution in [0.15, 0.2) is 57.7 Å². The van der Waals surface area contributed by atoms with Gasteiger partial charge in [0.1, 0.15) is 16.9 Å². The number of rotatable bonds is 4. The van der Waals surface area contributed by atoms with Crippen LogP contribution in [0.1, 0.15) is 30.0 Å². The number of esters is 1. The molecule has 1 aromatic heterocycles. The molecule has 0 spiro atoms. The summed E-state index contributed by atoms with van der Waals surface area (Å²) in [5.74, 6) is -0.270. The van der Waals surface area contributed by atoms with Crippen molar-refractivity contribution in [2.24, 2.45) is 0 Å². The highest BCUT2D eigenvalue weighted by Crippen LogP contribution is 2.24. The number of fused-ring (bicyclic) bond motifs is 1. The van der Waals surface area contributed by atoms with Gasteiger partial charge in [0.15, 0.2) is 0 Å². The van der Waals surface area contributed by atoms with Crippen LogP contribution < -0.4 is 5.43 Å². The Kier molecular flexibility index (Phi) is 4.47. The van der Waals surface area contributed by atoms with E-state index in [4.69, 9.17) is 9.15 Å². The van der Waals surface area contributed by atoms with Crippen molar-refractivity contribution in [1.82, 2.24) is 0 Å². The number of benzene rings is 2. The van der Waals surface area contributed by atoms with Gasteiger partial charge in [0, 0.05) is 6.42 Å². The number of aryl methyl sites for hydroxylation is 1. The molecule has 0 amide bonds. The predicted molar refractivity (Wildman–Crippen MR) is 93.3 cm³/mol. The summed E-state index contributed by atoms with van der Waals surface area (Å²) in [6, 6.07) is 15.2. The maximum Gasteiger partial charge on any atom is 0.345 e. The minimum absolute atomic E-state index is 0.00272. The highest BCUT2D eigenvalue weighted by Gasteiger charge is 2.21. The van der Waals surface area contributed by atoms with Gasteiger partial charge >= 0.3 is 5.97 Å². The molecule has 0 unspecified atom stereocenters. The van der Waals surface area contributed by atoms with Crippen LogP contribution in [0.5, 0.6) is 0 Å². The molecule has 0 radical (unpaired) electrons. The number of carbonyl (C=O) groups excluding carboxylic acids is 1. The first-order chi connectivity index (χ1) is 11.7. The van der Waals surface area contributed by atoms with Gasteiger partial charge < -0.3 is 9.15 Å². The molecule has 24 heavy (non-hydrogen) atoms. The van der Waals surface area contributed by atoms with Crippen molar-refractivity contribution >= 4 is 16.9 Å². The molecule has 0 aliphatic carbocycles. The summed E-state index contributed by atoms with van der Waals surface area (Å²) in [6.45, 7) is 3.76. The molecule has 3 rings (SSSR count). The first kappa shape index (κ1) is 16.0. The third-order valence-electron chi connectivity index (χ3n) is 3.87. The lowest BCUT2D eigenvalue weighted by Gasteiger charge is -2.09. The molecule has 0 atom stereocenters. The van der Waals surface area contributed by atoms with Crippen molar-refractivity contribution in [1.29, 1.82) is 0 Å². The summed E-state index contributed by atoms with van der Waals surface area (Å²) < 4.78 is 10.8. The van der Waals surface area contributed by atoms with Crippen LogP contribution in [-0.2, 0) is 11.2 Å². The number of hydrogen-bond acceptors (Lipinski definition) is 4. The van der Waals surface area contributed by atoms with Gasteiger partial charge in [0.2, 0.25) is 5.43 Å². The van der Waals surface area contributed by atoms with Gasteiger partial charge in [0.25, 0.3) is 0 Å². The summed E-state index contributed by atoms with van der Waals surface area (Å²) in [7, 11) is 0. The fourth-order valence-corrected chi connectivity index (χ4v) is 2.71. The molecule has 2 aromatic carbocycles. The molecule has 0 saturated heterocycles. The maximum absolute atomic E-state index is 12.8. The highest BCUT2D eigenvalue weighted by atomic mass is 16.5. The maximum atomic E-state index is 12.8.